The third-order valence-corrected chi connectivity index (χ3v) is 3.15. The zero-order valence-electron chi connectivity index (χ0n) is 11.7. The molecule has 0 atom stereocenters. The Kier molecular flexibility index (Phi) is 4.62. The van der Waals surface area contributed by atoms with Gasteiger partial charge in [0.05, 0.1) is 11.6 Å². The molecule has 0 amide bonds. The number of benzene rings is 2. The van der Waals surface area contributed by atoms with Crippen molar-refractivity contribution < 1.29 is 9.47 Å². The summed E-state index contributed by atoms with van der Waals surface area (Å²) < 4.78 is 11.3. The van der Waals surface area contributed by atoms with Crippen LogP contribution in [-0.2, 0) is 0 Å². The van der Waals surface area contributed by atoms with Crippen molar-refractivity contribution in [2.24, 2.45) is 0 Å². The van der Waals surface area contributed by atoms with E-state index in [1.807, 2.05) is 19.1 Å². The van der Waals surface area contributed by atoms with E-state index in [2.05, 4.69) is 19.1 Å². The first-order chi connectivity index (χ1) is 9.70. The largest absolute Gasteiger partial charge is 0.490 e. The molecule has 0 radical (unpaired) electrons. The average Bonchev–Trinajstić information content (AvgIpc) is 2.48. The van der Waals surface area contributed by atoms with E-state index >= 15 is 0 Å². The summed E-state index contributed by atoms with van der Waals surface area (Å²) in [5, 5.41) is 8.71. The third kappa shape index (κ3) is 3.52. The van der Waals surface area contributed by atoms with E-state index in [0.29, 0.717) is 18.8 Å². The number of aryl methyl sites for hydroxylation is 1. The molecule has 0 N–H and O–H groups in total. The van der Waals surface area contributed by atoms with Crippen molar-refractivity contribution >= 4 is 0 Å². The quantitative estimate of drug-likeness (QED) is 0.777. The van der Waals surface area contributed by atoms with E-state index in [4.69, 9.17) is 14.7 Å². The average molecular weight is 267 g/mol. The maximum atomic E-state index is 8.71. The molecule has 0 bridgehead atoms. The lowest BCUT2D eigenvalue weighted by Crippen LogP contribution is -2.09. The van der Waals surface area contributed by atoms with Crippen molar-refractivity contribution in [3.05, 3.63) is 59.2 Å². The molecular weight excluding hydrogens is 250 g/mol. The summed E-state index contributed by atoms with van der Waals surface area (Å²) in [6.45, 7) is 5.07. The summed E-state index contributed by atoms with van der Waals surface area (Å²) in [5.74, 6) is 1.64. The first kappa shape index (κ1) is 14.0. The van der Waals surface area contributed by atoms with Gasteiger partial charge in [-0.1, -0.05) is 12.1 Å². The Morgan fingerprint density at radius 2 is 1.65 bits per heavy atom. The Morgan fingerprint density at radius 1 is 0.950 bits per heavy atom. The highest BCUT2D eigenvalue weighted by atomic mass is 16.5. The molecule has 0 aromatic heterocycles. The molecule has 102 valence electrons. The van der Waals surface area contributed by atoms with Gasteiger partial charge in [0, 0.05) is 0 Å². The van der Waals surface area contributed by atoms with Crippen molar-refractivity contribution in [1.29, 1.82) is 5.26 Å². The van der Waals surface area contributed by atoms with Gasteiger partial charge in [0.25, 0.3) is 0 Å². The van der Waals surface area contributed by atoms with Crippen LogP contribution in [0.2, 0.25) is 0 Å². The molecular formula is C17H17NO2. The van der Waals surface area contributed by atoms with Crippen LogP contribution in [0.15, 0.2) is 42.5 Å². The number of rotatable bonds is 5. The van der Waals surface area contributed by atoms with Crippen LogP contribution in [0.3, 0.4) is 0 Å². The van der Waals surface area contributed by atoms with E-state index in [9.17, 15) is 0 Å². The minimum Gasteiger partial charge on any atom is -0.490 e. The zero-order chi connectivity index (χ0) is 14.4. The van der Waals surface area contributed by atoms with Gasteiger partial charge in [-0.2, -0.15) is 5.26 Å². The van der Waals surface area contributed by atoms with Crippen LogP contribution in [0.4, 0.5) is 0 Å². The normalized spacial score (nSPS) is 9.85. The summed E-state index contributed by atoms with van der Waals surface area (Å²) in [5.41, 5.74) is 3.00. The molecule has 0 saturated carbocycles. The molecule has 0 aliphatic heterocycles. The Labute approximate surface area is 119 Å². The van der Waals surface area contributed by atoms with Gasteiger partial charge in [0.1, 0.15) is 24.7 Å². The van der Waals surface area contributed by atoms with Crippen LogP contribution < -0.4 is 9.47 Å². The number of hydrogen-bond acceptors (Lipinski definition) is 3. The zero-order valence-corrected chi connectivity index (χ0v) is 11.7. The number of nitrogens with zero attached hydrogens (tertiary/aromatic N) is 1. The second-order valence-electron chi connectivity index (χ2n) is 4.53. The van der Waals surface area contributed by atoms with Crippen LogP contribution >= 0.6 is 0 Å². The summed E-state index contributed by atoms with van der Waals surface area (Å²) in [4.78, 5) is 0. The van der Waals surface area contributed by atoms with Crippen molar-refractivity contribution in [3.63, 3.8) is 0 Å². The van der Waals surface area contributed by atoms with E-state index < -0.39 is 0 Å². The van der Waals surface area contributed by atoms with Crippen LogP contribution in [0.25, 0.3) is 0 Å². The maximum absolute atomic E-state index is 8.71. The van der Waals surface area contributed by atoms with Crippen LogP contribution in [-0.4, -0.2) is 13.2 Å². The van der Waals surface area contributed by atoms with Gasteiger partial charge in [0.2, 0.25) is 0 Å². The molecule has 0 fully saturated rings. The third-order valence-electron chi connectivity index (χ3n) is 3.15. The molecule has 0 spiro atoms. The lowest BCUT2D eigenvalue weighted by atomic mass is 10.1. The highest BCUT2D eigenvalue weighted by Crippen LogP contribution is 2.20. The first-order valence-corrected chi connectivity index (χ1v) is 6.52. The Hall–Kier alpha value is -2.47. The predicted molar refractivity (Wildman–Crippen MR) is 78.1 cm³/mol. The molecule has 0 heterocycles. The van der Waals surface area contributed by atoms with Crippen molar-refractivity contribution in [1.82, 2.24) is 0 Å². The van der Waals surface area contributed by atoms with Gasteiger partial charge in [-0.15, -0.1) is 0 Å². The lowest BCUT2D eigenvalue weighted by molar-refractivity contribution is 0.216. The number of ether oxygens (including phenoxy) is 2. The van der Waals surface area contributed by atoms with Crippen LogP contribution in [0.5, 0.6) is 11.5 Å². The second-order valence-corrected chi connectivity index (χ2v) is 4.53. The monoisotopic (exact) mass is 267 g/mol. The molecule has 3 heteroatoms. The van der Waals surface area contributed by atoms with Gasteiger partial charge in [-0.05, 0) is 55.3 Å². The Balaban J connectivity index is 1.81. The fourth-order valence-electron chi connectivity index (χ4n) is 1.82. The fraction of sp³-hybridized carbons (Fsp3) is 0.235. The minimum atomic E-state index is 0.472. The van der Waals surface area contributed by atoms with Gasteiger partial charge in [-0.25, -0.2) is 0 Å². The smallest absolute Gasteiger partial charge is 0.122 e. The molecule has 0 aliphatic carbocycles. The molecule has 2 rings (SSSR count). The topological polar surface area (TPSA) is 42.2 Å². The molecule has 0 saturated heterocycles. The molecule has 2 aromatic carbocycles. The summed E-state index contributed by atoms with van der Waals surface area (Å²) in [6, 6.07) is 15.1. The van der Waals surface area contributed by atoms with E-state index in [1.165, 1.54) is 5.56 Å². The van der Waals surface area contributed by atoms with Crippen molar-refractivity contribution in [3.8, 4) is 17.6 Å². The fourth-order valence-corrected chi connectivity index (χ4v) is 1.82. The molecule has 0 unspecified atom stereocenters. The van der Waals surface area contributed by atoms with Gasteiger partial charge in [0.15, 0.2) is 0 Å². The van der Waals surface area contributed by atoms with Crippen molar-refractivity contribution in [2.45, 2.75) is 13.8 Å². The van der Waals surface area contributed by atoms with Gasteiger partial charge in [-0.3, -0.25) is 0 Å². The van der Waals surface area contributed by atoms with Gasteiger partial charge < -0.3 is 9.47 Å². The number of nitriles is 1. The molecule has 0 aliphatic rings. The highest BCUT2D eigenvalue weighted by Gasteiger charge is 2.01. The summed E-state index contributed by atoms with van der Waals surface area (Å²) >= 11 is 0. The van der Waals surface area contributed by atoms with E-state index in [1.54, 1.807) is 24.3 Å². The molecule has 3 nitrogen and oxygen atoms in total. The van der Waals surface area contributed by atoms with Crippen LogP contribution in [0.1, 0.15) is 16.7 Å². The lowest BCUT2D eigenvalue weighted by Gasteiger charge is -2.11. The molecule has 20 heavy (non-hydrogen) atoms. The second kappa shape index (κ2) is 6.63. The predicted octanol–water partition coefficient (Wildman–Crippen LogP) is 3.63. The molecule has 2 aromatic rings. The SMILES string of the molecule is Cc1cccc(OCCOc2ccc(C#N)cc2)c1C. The Bertz CT molecular complexity index is 612. The highest BCUT2D eigenvalue weighted by molar-refractivity contribution is 5.38. The minimum absolute atomic E-state index is 0.472. The van der Waals surface area contributed by atoms with Crippen molar-refractivity contribution in [2.75, 3.05) is 13.2 Å². The van der Waals surface area contributed by atoms with E-state index in [0.717, 1.165) is 17.1 Å². The van der Waals surface area contributed by atoms with Crippen LogP contribution in [0, 0.1) is 25.2 Å². The Morgan fingerprint density at radius 3 is 2.35 bits per heavy atom. The van der Waals surface area contributed by atoms with E-state index in [-0.39, 0.29) is 0 Å². The van der Waals surface area contributed by atoms with Gasteiger partial charge >= 0.3 is 0 Å². The summed E-state index contributed by atoms with van der Waals surface area (Å²) in [6.07, 6.45) is 0. The first-order valence-electron chi connectivity index (χ1n) is 6.52. The number of hydrogen-bond donors (Lipinski definition) is 0. The standard InChI is InChI=1S/C17H17NO2/c1-13-4-3-5-17(14(13)2)20-11-10-19-16-8-6-15(12-18)7-9-16/h3-9H,10-11H2,1-2H3. The summed E-state index contributed by atoms with van der Waals surface area (Å²) in [7, 11) is 0. The maximum Gasteiger partial charge on any atom is 0.122 e.